The molecule has 0 saturated carbocycles. The third kappa shape index (κ3) is 3.11. The normalized spacial score (nSPS) is 18.6. The number of ether oxygens (including phenoxy) is 1. The van der Waals surface area contributed by atoms with E-state index in [-0.39, 0.29) is 30.7 Å². The fourth-order valence-corrected chi connectivity index (χ4v) is 3.13. The number of benzene rings is 1. The molecule has 126 valence electrons. The van der Waals surface area contributed by atoms with Crippen molar-refractivity contribution in [2.45, 2.75) is 0 Å². The minimum Gasteiger partial charge on any atom is -0.378 e. The first kappa shape index (κ1) is 17.8. The second kappa shape index (κ2) is 7.38. The summed E-state index contributed by atoms with van der Waals surface area (Å²) in [7, 11) is 0. The van der Waals surface area contributed by atoms with Crippen LogP contribution < -0.4 is 9.80 Å². The Hall–Kier alpha value is -1.50. The number of carbonyl (C=O) groups is 1. The van der Waals surface area contributed by atoms with Gasteiger partial charge in [-0.3, -0.25) is 9.79 Å². The molecule has 6 nitrogen and oxygen atoms in total. The Morgan fingerprint density at radius 2 is 1.78 bits per heavy atom. The van der Waals surface area contributed by atoms with Gasteiger partial charge in [0.05, 0.1) is 31.1 Å². The van der Waals surface area contributed by atoms with Crippen molar-refractivity contribution in [1.29, 1.82) is 0 Å². The van der Waals surface area contributed by atoms with Gasteiger partial charge in [0, 0.05) is 19.6 Å². The topological polar surface area (TPSA) is 48.4 Å². The molecule has 1 fully saturated rings. The second-order valence-electron chi connectivity index (χ2n) is 5.40. The Bertz CT molecular complexity index is 605. The molecule has 0 radical (unpaired) electrons. The summed E-state index contributed by atoms with van der Waals surface area (Å²) in [6.07, 6.45) is 0. The molecule has 3 aliphatic rings. The minimum absolute atomic E-state index is 0. The molecule has 1 aromatic rings. The Labute approximate surface area is 147 Å². The number of morpholine rings is 1. The van der Waals surface area contributed by atoms with Crippen molar-refractivity contribution >= 4 is 48.1 Å². The van der Waals surface area contributed by atoms with Gasteiger partial charge in [0.15, 0.2) is 0 Å². The van der Waals surface area contributed by atoms with Gasteiger partial charge in [0.2, 0.25) is 11.9 Å². The molecular weight excluding hydrogens is 339 g/mol. The third-order valence-electron chi connectivity index (χ3n) is 4.18. The molecule has 1 amide bonds. The summed E-state index contributed by atoms with van der Waals surface area (Å²) in [5, 5.41) is 0. The molecule has 0 N–H and O–H groups in total. The fraction of sp³-hybridized carbons (Fsp3) is 0.467. The van der Waals surface area contributed by atoms with Gasteiger partial charge in [-0.15, -0.1) is 24.8 Å². The Balaban J connectivity index is 0.000000960. The Morgan fingerprint density at radius 1 is 1.09 bits per heavy atom. The highest BCUT2D eigenvalue weighted by molar-refractivity contribution is 6.18. The summed E-state index contributed by atoms with van der Waals surface area (Å²) >= 11 is 0. The summed E-state index contributed by atoms with van der Waals surface area (Å²) in [6.45, 7) is 4.69. The van der Waals surface area contributed by atoms with Crippen molar-refractivity contribution in [3.8, 4) is 0 Å². The molecule has 1 aromatic carbocycles. The molecular formula is C15H20Cl2N4O2. The number of carbonyl (C=O) groups excluding carboxylic acids is 1. The van der Waals surface area contributed by atoms with Crippen LogP contribution in [0.5, 0.6) is 0 Å². The highest BCUT2D eigenvalue weighted by Gasteiger charge is 2.36. The van der Waals surface area contributed by atoms with Gasteiger partial charge < -0.3 is 19.4 Å². The molecule has 0 aliphatic carbocycles. The van der Waals surface area contributed by atoms with Crippen molar-refractivity contribution < 1.29 is 9.53 Å². The van der Waals surface area contributed by atoms with E-state index in [1.807, 2.05) is 21.9 Å². The van der Waals surface area contributed by atoms with Crippen LogP contribution in [0.25, 0.3) is 0 Å². The summed E-state index contributed by atoms with van der Waals surface area (Å²) in [4.78, 5) is 23.2. The number of amides is 1. The summed E-state index contributed by atoms with van der Waals surface area (Å²) in [5.41, 5.74) is 2.24. The number of para-hydroxylation sites is 2. The lowest BCUT2D eigenvalue weighted by Crippen LogP contribution is -2.47. The van der Waals surface area contributed by atoms with E-state index in [4.69, 9.17) is 4.74 Å². The summed E-state index contributed by atoms with van der Waals surface area (Å²) in [6, 6.07) is 8.19. The standard InChI is InChI=1S/C15H18N4O2.2ClH/c20-14(17-7-9-21-10-8-17)11-19-13-4-2-1-3-12(13)18-6-5-16-15(18)19;;/h1-4H,5-11H2;2*1H. The number of rotatable bonds is 2. The van der Waals surface area contributed by atoms with Gasteiger partial charge in [-0.2, -0.15) is 0 Å². The number of nitrogens with zero attached hydrogens (tertiary/aromatic N) is 4. The predicted octanol–water partition coefficient (Wildman–Crippen LogP) is 1.39. The average molecular weight is 359 g/mol. The van der Waals surface area contributed by atoms with E-state index in [0.717, 1.165) is 30.4 Å². The van der Waals surface area contributed by atoms with Crippen molar-refractivity contribution in [2.75, 3.05) is 55.7 Å². The van der Waals surface area contributed by atoms with E-state index in [0.29, 0.717) is 32.8 Å². The van der Waals surface area contributed by atoms with Crippen LogP contribution in [0.15, 0.2) is 29.3 Å². The maximum Gasteiger partial charge on any atom is 0.242 e. The van der Waals surface area contributed by atoms with Crippen molar-refractivity contribution in [3.05, 3.63) is 24.3 Å². The van der Waals surface area contributed by atoms with Crippen LogP contribution in [0.2, 0.25) is 0 Å². The zero-order valence-corrected chi connectivity index (χ0v) is 14.3. The molecule has 23 heavy (non-hydrogen) atoms. The number of anilines is 2. The zero-order chi connectivity index (χ0) is 14.2. The number of fused-ring (bicyclic) bond motifs is 3. The number of hydrogen-bond donors (Lipinski definition) is 0. The molecule has 0 atom stereocenters. The van der Waals surface area contributed by atoms with Crippen LogP contribution in [0.4, 0.5) is 11.4 Å². The van der Waals surface area contributed by atoms with Gasteiger partial charge in [-0.1, -0.05) is 12.1 Å². The van der Waals surface area contributed by atoms with E-state index in [9.17, 15) is 4.79 Å². The summed E-state index contributed by atoms with van der Waals surface area (Å²) < 4.78 is 5.31. The van der Waals surface area contributed by atoms with Crippen LogP contribution >= 0.6 is 24.8 Å². The van der Waals surface area contributed by atoms with Crippen LogP contribution in [-0.4, -0.2) is 62.7 Å². The first-order valence-electron chi connectivity index (χ1n) is 7.39. The minimum atomic E-state index is 0. The van der Waals surface area contributed by atoms with Crippen molar-refractivity contribution in [1.82, 2.24) is 4.90 Å². The van der Waals surface area contributed by atoms with Crippen LogP contribution in [0.3, 0.4) is 0 Å². The van der Waals surface area contributed by atoms with E-state index in [2.05, 4.69) is 22.0 Å². The first-order valence-corrected chi connectivity index (χ1v) is 7.39. The number of aliphatic imine (C=N–C) groups is 1. The van der Waals surface area contributed by atoms with Gasteiger partial charge in [-0.25, -0.2) is 0 Å². The van der Waals surface area contributed by atoms with Gasteiger partial charge in [0.1, 0.15) is 6.54 Å². The molecule has 0 bridgehead atoms. The molecule has 3 heterocycles. The molecule has 1 saturated heterocycles. The first-order chi connectivity index (χ1) is 10.3. The van der Waals surface area contributed by atoms with Gasteiger partial charge in [-0.05, 0) is 12.1 Å². The van der Waals surface area contributed by atoms with Crippen molar-refractivity contribution in [2.24, 2.45) is 4.99 Å². The van der Waals surface area contributed by atoms with E-state index >= 15 is 0 Å². The third-order valence-corrected chi connectivity index (χ3v) is 4.18. The largest absolute Gasteiger partial charge is 0.378 e. The fourth-order valence-electron chi connectivity index (χ4n) is 3.13. The molecule has 8 heteroatoms. The molecule has 4 rings (SSSR count). The second-order valence-corrected chi connectivity index (χ2v) is 5.40. The number of hydrogen-bond acceptors (Lipinski definition) is 5. The lowest BCUT2D eigenvalue weighted by Gasteiger charge is -2.29. The molecule has 3 aliphatic heterocycles. The Kier molecular flexibility index (Phi) is 5.73. The summed E-state index contributed by atoms with van der Waals surface area (Å²) in [5.74, 6) is 1.06. The Morgan fingerprint density at radius 3 is 2.52 bits per heavy atom. The lowest BCUT2D eigenvalue weighted by atomic mass is 10.2. The number of halogens is 2. The maximum absolute atomic E-state index is 12.5. The van der Waals surface area contributed by atoms with E-state index in [1.165, 1.54) is 0 Å². The zero-order valence-electron chi connectivity index (χ0n) is 12.7. The highest BCUT2D eigenvalue weighted by Crippen LogP contribution is 2.38. The highest BCUT2D eigenvalue weighted by atomic mass is 35.5. The van der Waals surface area contributed by atoms with Gasteiger partial charge in [0.25, 0.3) is 0 Å². The quantitative estimate of drug-likeness (QED) is 0.801. The van der Waals surface area contributed by atoms with E-state index in [1.54, 1.807) is 0 Å². The van der Waals surface area contributed by atoms with Gasteiger partial charge >= 0.3 is 0 Å². The smallest absolute Gasteiger partial charge is 0.242 e. The number of guanidine groups is 1. The monoisotopic (exact) mass is 358 g/mol. The SMILES string of the molecule is Cl.Cl.O=C(CN1C2=NCCN2c2ccccc21)N1CCOCC1. The maximum atomic E-state index is 12.5. The molecule has 0 unspecified atom stereocenters. The van der Waals surface area contributed by atoms with Crippen LogP contribution in [-0.2, 0) is 9.53 Å². The average Bonchev–Trinajstić information content (AvgIpc) is 3.11. The van der Waals surface area contributed by atoms with Crippen LogP contribution in [0.1, 0.15) is 0 Å². The predicted molar refractivity (Wildman–Crippen MR) is 95.3 cm³/mol. The lowest BCUT2D eigenvalue weighted by molar-refractivity contribution is -0.133. The molecule has 0 spiro atoms. The van der Waals surface area contributed by atoms with Crippen molar-refractivity contribution in [3.63, 3.8) is 0 Å². The molecule has 0 aromatic heterocycles. The van der Waals surface area contributed by atoms with E-state index < -0.39 is 0 Å². The van der Waals surface area contributed by atoms with Crippen LogP contribution in [0, 0.1) is 0 Å².